The minimum atomic E-state index is -0.334. The van der Waals surface area contributed by atoms with Crippen molar-refractivity contribution >= 4 is 23.3 Å². The van der Waals surface area contributed by atoms with Gasteiger partial charge in [0.05, 0.1) is 7.11 Å². The Morgan fingerprint density at radius 1 is 1.50 bits per heavy atom. The van der Waals surface area contributed by atoms with Crippen LogP contribution in [-0.2, 0) is 9.53 Å². The maximum Gasteiger partial charge on any atom is 0.328 e. The van der Waals surface area contributed by atoms with E-state index in [9.17, 15) is 4.79 Å². The molecule has 20 heavy (non-hydrogen) atoms. The van der Waals surface area contributed by atoms with Gasteiger partial charge < -0.3 is 9.64 Å². The van der Waals surface area contributed by atoms with Crippen LogP contribution < -0.4 is 4.90 Å². The number of carbonyl (C=O) groups is 1. The highest BCUT2D eigenvalue weighted by molar-refractivity contribution is 6.30. The first-order valence-corrected chi connectivity index (χ1v) is 7.32. The highest BCUT2D eigenvalue weighted by Gasteiger charge is 2.41. The van der Waals surface area contributed by atoms with Crippen molar-refractivity contribution in [2.45, 2.75) is 51.6 Å². The predicted octanol–water partition coefficient (Wildman–Crippen LogP) is 3.99. The maximum absolute atomic E-state index is 12.0. The standard InChI is InChI=1S/C16H22ClNO2/c1-10-9-16(3,4)18(11(2)15(19)20-5)14-8-12(17)6-7-13(10)14/h6-8,10-11H,9H2,1-5H3/t10-,11-/m1/s1. The largest absolute Gasteiger partial charge is 0.467 e. The zero-order chi connectivity index (χ0) is 15.1. The molecule has 1 aliphatic heterocycles. The van der Waals surface area contributed by atoms with Crippen LogP contribution in [0, 0.1) is 0 Å². The zero-order valence-electron chi connectivity index (χ0n) is 12.7. The van der Waals surface area contributed by atoms with Gasteiger partial charge in [0.1, 0.15) is 6.04 Å². The van der Waals surface area contributed by atoms with Crippen LogP contribution in [0.5, 0.6) is 0 Å². The van der Waals surface area contributed by atoms with E-state index in [1.165, 1.54) is 12.7 Å². The summed E-state index contributed by atoms with van der Waals surface area (Å²) < 4.78 is 4.92. The van der Waals surface area contributed by atoms with Crippen LogP contribution in [0.4, 0.5) is 5.69 Å². The summed E-state index contributed by atoms with van der Waals surface area (Å²) >= 11 is 6.16. The number of hydrogen-bond acceptors (Lipinski definition) is 3. The molecule has 0 bridgehead atoms. The minimum absolute atomic E-state index is 0.120. The summed E-state index contributed by atoms with van der Waals surface area (Å²) in [6, 6.07) is 5.60. The first-order chi connectivity index (χ1) is 9.27. The third kappa shape index (κ3) is 2.51. The lowest BCUT2D eigenvalue weighted by Gasteiger charge is -2.49. The zero-order valence-corrected chi connectivity index (χ0v) is 13.5. The van der Waals surface area contributed by atoms with Gasteiger partial charge in [0.2, 0.25) is 0 Å². The molecule has 2 atom stereocenters. The first-order valence-electron chi connectivity index (χ1n) is 6.94. The molecule has 0 radical (unpaired) electrons. The lowest BCUT2D eigenvalue weighted by atomic mass is 9.79. The average Bonchev–Trinajstić information content (AvgIpc) is 2.35. The van der Waals surface area contributed by atoms with Crippen LogP contribution >= 0.6 is 11.6 Å². The molecule has 0 amide bonds. The van der Waals surface area contributed by atoms with Crippen molar-refractivity contribution < 1.29 is 9.53 Å². The molecule has 0 aliphatic carbocycles. The van der Waals surface area contributed by atoms with Gasteiger partial charge in [-0.2, -0.15) is 0 Å². The number of esters is 1. The van der Waals surface area contributed by atoms with E-state index in [4.69, 9.17) is 16.3 Å². The van der Waals surface area contributed by atoms with Crippen molar-refractivity contribution in [2.24, 2.45) is 0 Å². The fraction of sp³-hybridized carbons (Fsp3) is 0.562. The number of anilines is 1. The summed E-state index contributed by atoms with van der Waals surface area (Å²) in [5.41, 5.74) is 2.16. The predicted molar refractivity (Wildman–Crippen MR) is 82.5 cm³/mol. The monoisotopic (exact) mass is 295 g/mol. The molecule has 1 aromatic rings. The summed E-state index contributed by atoms with van der Waals surface area (Å²) in [6.45, 7) is 8.42. The molecule has 2 rings (SSSR count). The van der Waals surface area contributed by atoms with Gasteiger partial charge in [-0.1, -0.05) is 24.6 Å². The van der Waals surface area contributed by atoms with E-state index in [0.717, 1.165) is 12.1 Å². The van der Waals surface area contributed by atoms with E-state index in [1.54, 1.807) is 0 Å². The molecule has 0 unspecified atom stereocenters. The summed E-state index contributed by atoms with van der Waals surface area (Å²) in [4.78, 5) is 14.1. The molecule has 1 heterocycles. The molecule has 0 aromatic heterocycles. The molecular formula is C16H22ClNO2. The molecule has 1 aromatic carbocycles. The minimum Gasteiger partial charge on any atom is -0.467 e. The van der Waals surface area contributed by atoms with Gasteiger partial charge in [-0.25, -0.2) is 4.79 Å². The van der Waals surface area contributed by atoms with Crippen LogP contribution in [0.2, 0.25) is 5.02 Å². The van der Waals surface area contributed by atoms with Crippen LogP contribution in [0.15, 0.2) is 18.2 Å². The Labute approximate surface area is 125 Å². The normalized spacial score (nSPS) is 22.1. The lowest BCUT2D eigenvalue weighted by Crippen LogP contribution is -2.55. The van der Waals surface area contributed by atoms with Gasteiger partial charge in [-0.05, 0) is 50.8 Å². The van der Waals surface area contributed by atoms with Gasteiger partial charge >= 0.3 is 5.97 Å². The molecule has 0 saturated carbocycles. The summed E-state index contributed by atoms with van der Waals surface area (Å²) in [7, 11) is 1.43. The van der Waals surface area contributed by atoms with Gasteiger partial charge in [-0.3, -0.25) is 0 Å². The second-order valence-corrected chi connectivity index (χ2v) is 6.63. The van der Waals surface area contributed by atoms with Crippen LogP contribution in [0.25, 0.3) is 0 Å². The third-order valence-corrected chi connectivity index (χ3v) is 4.41. The highest BCUT2D eigenvalue weighted by atomic mass is 35.5. The number of halogens is 1. The second kappa shape index (κ2) is 5.28. The van der Waals surface area contributed by atoms with Crippen molar-refractivity contribution in [3.8, 4) is 0 Å². The highest BCUT2D eigenvalue weighted by Crippen LogP contribution is 2.45. The maximum atomic E-state index is 12.0. The SMILES string of the molecule is COC(=O)[C@@H](C)N1c2cc(Cl)ccc2[C@H](C)CC1(C)C. The van der Waals surface area contributed by atoms with Crippen LogP contribution in [0.1, 0.15) is 45.6 Å². The van der Waals surface area contributed by atoms with Crippen molar-refractivity contribution in [3.63, 3.8) is 0 Å². The number of rotatable bonds is 2. The number of benzene rings is 1. The molecule has 0 saturated heterocycles. The Kier molecular flexibility index (Phi) is 4.01. The Morgan fingerprint density at radius 3 is 2.75 bits per heavy atom. The fourth-order valence-electron chi connectivity index (χ4n) is 3.43. The average molecular weight is 296 g/mol. The Morgan fingerprint density at radius 2 is 2.15 bits per heavy atom. The number of carbonyl (C=O) groups excluding carboxylic acids is 1. The molecule has 3 nitrogen and oxygen atoms in total. The smallest absolute Gasteiger partial charge is 0.328 e. The van der Waals surface area contributed by atoms with Gasteiger partial charge in [0, 0.05) is 16.2 Å². The summed E-state index contributed by atoms with van der Waals surface area (Å²) in [5, 5.41) is 0.690. The molecule has 1 aliphatic rings. The Balaban J connectivity index is 2.56. The van der Waals surface area contributed by atoms with Crippen molar-refractivity contribution in [1.29, 1.82) is 0 Å². The van der Waals surface area contributed by atoms with Crippen molar-refractivity contribution in [2.75, 3.05) is 12.0 Å². The number of nitrogens with zero attached hydrogens (tertiary/aromatic N) is 1. The van der Waals surface area contributed by atoms with E-state index in [0.29, 0.717) is 10.9 Å². The van der Waals surface area contributed by atoms with Crippen molar-refractivity contribution in [3.05, 3.63) is 28.8 Å². The van der Waals surface area contributed by atoms with E-state index in [1.807, 2.05) is 19.1 Å². The third-order valence-electron chi connectivity index (χ3n) is 4.17. The topological polar surface area (TPSA) is 29.5 Å². The van der Waals surface area contributed by atoms with Crippen LogP contribution in [-0.4, -0.2) is 24.7 Å². The first kappa shape index (κ1) is 15.2. The molecule has 0 spiro atoms. The van der Waals surface area contributed by atoms with Crippen molar-refractivity contribution in [1.82, 2.24) is 0 Å². The van der Waals surface area contributed by atoms with E-state index < -0.39 is 0 Å². The van der Waals surface area contributed by atoms with Gasteiger partial charge in [0.25, 0.3) is 0 Å². The van der Waals surface area contributed by atoms with E-state index >= 15 is 0 Å². The molecule has 0 N–H and O–H groups in total. The Hall–Kier alpha value is -1.22. The van der Waals surface area contributed by atoms with E-state index in [2.05, 4.69) is 31.7 Å². The quantitative estimate of drug-likeness (QED) is 0.773. The molecule has 4 heteroatoms. The van der Waals surface area contributed by atoms with Gasteiger partial charge in [0.15, 0.2) is 0 Å². The summed E-state index contributed by atoms with van der Waals surface area (Å²) in [6.07, 6.45) is 0.989. The number of methoxy groups -OCH3 is 1. The lowest BCUT2D eigenvalue weighted by molar-refractivity contribution is -0.142. The van der Waals surface area contributed by atoms with Crippen LogP contribution in [0.3, 0.4) is 0 Å². The number of hydrogen-bond donors (Lipinski definition) is 0. The molecule has 110 valence electrons. The number of ether oxygens (including phenoxy) is 1. The molecular weight excluding hydrogens is 274 g/mol. The summed E-state index contributed by atoms with van der Waals surface area (Å²) in [5.74, 6) is 0.219. The van der Waals surface area contributed by atoms with Gasteiger partial charge in [-0.15, -0.1) is 0 Å². The molecule has 0 fully saturated rings. The fourth-order valence-corrected chi connectivity index (χ4v) is 3.60. The van der Waals surface area contributed by atoms with E-state index in [-0.39, 0.29) is 17.6 Å². The number of fused-ring (bicyclic) bond motifs is 1. The second-order valence-electron chi connectivity index (χ2n) is 6.19. The Bertz CT molecular complexity index is 527.